The summed E-state index contributed by atoms with van der Waals surface area (Å²) in [7, 11) is 1.84. The Kier molecular flexibility index (Phi) is 6.79. The molecule has 38 heavy (non-hydrogen) atoms. The van der Waals surface area contributed by atoms with Gasteiger partial charge in [0.15, 0.2) is 12.2 Å². The molecular formula is C31H27N5O2. The number of ether oxygens (including phenoxy) is 1. The van der Waals surface area contributed by atoms with Gasteiger partial charge in [0.2, 0.25) is 0 Å². The van der Waals surface area contributed by atoms with Crippen LogP contribution in [0.5, 0.6) is 0 Å². The summed E-state index contributed by atoms with van der Waals surface area (Å²) in [4.78, 5) is 18.3. The van der Waals surface area contributed by atoms with Gasteiger partial charge in [-0.25, -0.2) is 9.67 Å². The van der Waals surface area contributed by atoms with Gasteiger partial charge >= 0.3 is 0 Å². The van der Waals surface area contributed by atoms with Crippen LogP contribution < -0.4 is 5.56 Å². The van der Waals surface area contributed by atoms with Crippen molar-refractivity contribution in [3.8, 4) is 40.0 Å². The first-order valence-electron chi connectivity index (χ1n) is 12.4. The molecule has 0 amide bonds. The van der Waals surface area contributed by atoms with Gasteiger partial charge in [0.1, 0.15) is 17.5 Å². The fraction of sp³-hybridized carbons (Fsp3) is 0.129. The average Bonchev–Trinajstić information content (AvgIpc) is 3.39. The van der Waals surface area contributed by atoms with Crippen molar-refractivity contribution < 1.29 is 4.74 Å². The van der Waals surface area contributed by atoms with Crippen LogP contribution in [0.1, 0.15) is 18.1 Å². The topological polar surface area (TPSA) is 77.2 Å². The van der Waals surface area contributed by atoms with Crippen molar-refractivity contribution in [2.24, 2.45) is 12.0 Å². The Labute approximate surface area is 221 Å². The molecule has 0 bridgehead atoms. The average molecular weight is 502 g/mol. The summed E-state index contributed by atoms with van der Waals surface area (Å²) in [6.45, 7) is 4.11. The summed E-state index contributed by atoms with van der Waals surface area (Å²) < 4.78 is 10.8. The Balaban J connectivity index is 1.96. The molecule has 5 aromatic rings. The van der Waals surface area contributed by atoms with Gasteiger partial charge in [-0.3, -0.25) is 14.0 Å². The van der Waals surface area contributed by atoms with E-state index in [9.17, 15) is 10.1 Å². The Bertz CT molecular complexity index is 1700. The zero-order valence-electron chi connectivity index (χ0n) is 21.5. The lowest BCUT2D eigenvalue weighted by atomic mass is 9.98. The second-order valence-electron chi connectivity index (χ2n) is 8.72. The van der Waals surface area contributed by atoms with E-state index in [-0.39, 0.29) is 5.56 Å². The van der Waals surface area contributed by atoms with E-state index in [1.165, 1.54) is 6.40 Å². The summed E-state index contributed by atoms with van der Waals surface area (Å²) in [5.41, 5.74) is 4.78. The van der Waals surface area contributed by atoms with Gasteiger partial charge in [-0.2, -0.15) is 5.26 Å². The highest BCUT2D eigenvalue weighted by molar-refractivity contribution is 5.92. The minimum atomic E-state index is -0.152. The van der Waals surface area contributed by atoms with Crippen molar-refractivity contribution >= 4 is 12.2 Å². The Morgan fingerprint density at radius 2 is 1.50 bits per heavy atom. The highest BCUT2D eigenvalue weighted by Gasteiger charge is 2.29. The molecule has 188 valence electrons. The number of aromatic nitrogens is 3. The molecule has 7 heteroatoms. The quantitative estimate of drug-likeness (QED) is 0.197. The van der Waals surface area contributed by atoms with E-state index in [2.05, 4.69) is 11.1 Å². The van der Waals surface area contributed by atoms with Crippen molar-refractivity contribution in [3.63, 3.8) is 0 Å². The third-order valence-electron chi connectivity index (χ3n) is 6.45. The van der Waals surface area contributed by atoms with E-state index in [0.717, 1.165) is 28.1 Å². The van der Waals surface area contributed by atoms with Gasteiger partial charge in [0, 0.05) is 12.6 Å². The molecule has 0 spiro atoms. The normalized spacial score (nSPS) is 11.1. The molecule has 0 N–H and O–H groups in total. The Hall–Kier alpha value is -5.09. The van der Waals surface area contributed by atoms with Crippen LogP contribution in [0.3, 0.4) is 0 Å². The van der Waals surface area contributed by atoms with Gasteiger partial charge in [0.05, 0.1) is 23.6 Å². The summed E-state index contributed by atoms with van der Waals surface area (Å²) in [5.74, 6) is 1.00. The molecule has 0 aliphatic carbocycles. The maximum absolute atomic E-state index is 13.6. The molecule has 2 heterocycles. The number of benzene rings is 3. The number of hydrogen-bond acceptors (Lipinski definition) is 4. The smallest absolute Gasteiger partial charge is 0.276 e. The number of aliphatic imine (C=N–C) groups is 1. The van der Waals surface area contributed by atoms with Crippen LogP contribution >= 0.6 is 0 Å². The fourth-order valence-corrected chi connectivity index (χ4v) is 4.81. The first kappa shape index (κ1) is 24.6. The molecule has 0 aliphatic heterocycles. The molecule has 0 unspecified atom stereocenters. The largest absolute Gasteiger partial charge is 0.483 e. The number of nitrogens with zero attached hydrogens (tertiary/aromatic N) is 5. The van der Waals surface area contributed by atoms with Gasteiger partial charge in [0.25, 0.3) is 5.56 Å². The second-order valence-corrected chi connectivity index (χ2v) is 8.72. The molecule has 7 nitrogen and oxygen atoms in total. The monoisotopic (exact) mass is 501 g/mol. The maximum atomic E-state index is 13.6. The number of hydrogen-bond donors (Lipinski definition) is 0. The molecule has 0 fully saturated rings. The zero-order valence-corrected chi connectivity index (χ0v) is 21.5. The highest BCUT2D eigenvalue weighted by Crippen LogP contribution is 2.44. The van der Waals surface area contributed by atoms with Crippen molar-refractivity contribution in [2.75, 3.05) is 6.61 Å². The minimum absolute atomic E-state index is 0.152. The van der Waals surface area contributed by atoms with E-state index >= 15 is 0 Å². The predicted molar refractivity (Wildman–Crippen MR) is 150 cm³/mol. The van der Waals surface area contributed by atoms with E-state index in [0.29, 0.717) is 29.4 Å². The fourth-order valence-electron chi connectivity index (χ4n) is 4.81. The molecule has 0 aliphatic rings. The van der Waals surface area contributed by atoms with E-state index in [1.807, 2.05) is 114 Å². The third-order valence-corrected chi connectivity index (χ3v) is 6.45. The molecule has 0 saturated heterocycles. The molecule has 3 aromatic carbocycles. The molecule has 0 radical (unpaired) electrons. The maximum Gasteiger partial charge on any atom is 0.276 e. The molecule has 5 rings (SSSR count). The van der Waals surface area contributed by atoms with Gasteiger partial charge in [-0.15, -0.1) is 0 Å². The van der Waals surface area contributed by atoms with Gasteiger partial charge in [-0.05, 0) is 37.1 Å². The summed E-state index contributed by atoms with van der Waals surface area (Å²) in [6.07, 6.45) is 1.36. The van der Waals surface area contributed by atoms with Crippen molar-refractivity contribution in [2.45, 2.75) is 13.8 Å². The molecule has 0 atom stereocenters. The highest BCUT2D eigenvalue weighted by atomic mass is 16.5. The van der Waals surface area contributed by atoms with Crippen molar-refractivity contribution in [3.05, 3.63) is 112 Å². The third kappa shape index (κ3) is 4.12. The van der Waals surface area contributed by atoms with Crippen LogP contribution in [-0.4, -0.2) is 26.9 Å². The molecule has 0 saturated carbocycles. The second kappa shape index (κ2) is 10.5. The van der Waals surface area contributed by atoms with Crippen LogP contribution in [0.4, 0.5) is 5.82 Å². The lowest BCUT2D eigenvalue weighted by molar-refractivity contribution is 0.344. The van der Waals surface area contributed by atoms with Crippen LogP contribution in [0.25, 0.3) is 33.9 Å². The molecule has 2 aromatic heterocycles. The van der Waals surface area contributed by atoms with Crippen LogP contribution in [0.2, 0.25) is 0 Å². The number of rotatable bonds is 7. The number of nitriles is 1. The number of para-hydroxylation sites is 1. The Morgan fingerprint density at radius 1 is 0.921 bits per heavy atom. The minimum Gasteiger partial charge on any atom is -0.483 e. The van der Waals surface area contributed by atoms with Crippen LogP contribution in [0.15, 0.2) is 101 Å². The van der Waals surface area contributed by atoms with Crippen LogP contribution in [-0.2, 0) is 11.8 Å². The lowest BCUT2D eigenvalue weighted by Gasteiger charge is -2.16. The van der Waals surface area contributed by atoms with Crippen molar-refractivity contribution in [1.82, 2.24) is 13.9 Å². The SMILES string of the molecule is CCO/C=N/c1c(C#N)c(-c2ccccc2)c(-c2ccccc2)n1-c1c(C)c(=O)n(-c2ccccc2)n1C. The van der Waals surface area contributed by atoms with Gasteiger partial charge in [-0.1, -0.05) is 78.9 Å². The molecular weight excluding hydrogens is 474 g/mol. The first-order chi connectivity index (χ1) is 18.6. The first-order valence-corrected chi connectivity index (χ1v) is 12.4. The van der Waals surface area contributed by atoms with E-state index in [4.69, 9.17) is 4.74 Å². The van der Waals surface area contributed by atoms with Gasteiger partial charge < -0.3 is 4.74 Å². The summed E-state index contributed by atoms with van der Waals surface area (Å²) in [5, 5.41) is 10.5. The summed E-state index contributed by atoms with van der Waals surface area (Å²) in [6, 6.07) is 31.5. The summed E-state index contributed by atoms with van der Waals surface area (Å²) >= 11 is 0. The van der Waals surface area contributed by atoms with Crippen molar-refractivity contribution in [1.29, 1.82) is 5.26 Å². The zero-order chi connectivity index (χ0) is 26.6. The Morgan fingerprint density at radius 3 is 2.08 bits per heavy atom. The predicted octanol–water partition coefficient (Wildman–Crippen LogP) is 6.18. The van der Waals surface area contributed by atoms with E-state index in [1.54, 1.807) is 11.6 Å². The van der Waals surface area contributed by atoms with E-state index < -0.39 is 0 Å². The standard InChI is InChI=1S/C31H27N5O2/c1-4-38-21-33-29-26(20-32)27(23-14-8-5-9-15-23)28(24-16-10-6-11-17-24)35(29)30-22(2)31(37)36(34(30)3)25-18-12-7-13-19-25/h5-19,21H,4H2,1-3H3/b33-21+. The van der Waals surface area contributed by atoms with Crippen LogP contribution in [0, 0.1) is 18.3 Å². The lowest BCUT2D eigenvalue weighted by Crippen LogP contribution is -2.20.